The van der Waals surface area contributed by atoms with Crippen molar-refractivity contribution in [3.05, 3.63) is 33.4 Å². The monoisotopic (exact) mass is 355 g/mol. The summed E-state index contributed by atoms with van der Waals surface area (Å²) < 4.78 is 38.4. The number of rotatable bonds is 4. The molecule has 0 radical (unpaired) electrons. The van der Waals surface area contributed by atoms with Crippen LogP contribution in [-0.4, -0.2) is 23.7 Å². The highest BCUT2D eigenvalue weighted by Crippen LogP contribution is 2.31. The molecule has 1 aromatic carbocycles. The number of alkyl halides is 3. The Morgan fingerprint density at radius 2 is 1.76 bits per heavy atom. The fraction of sp³-hybridized carbons (Fsp3) is 0.500. The maximum Gasteiger partial charge on any atom is 0.401 e. The molecule has 1 aromatic rings. The number of halogens is 4. The third-order valence-corrected chi connectivity index (χ3v) is 3.46. The number of hydrogen-bond donors (Lipinski definition) is 0. The SMILES string of the molecule is FC(F)(F)CN(Cc1ccc(I)cc1)C1CC1. The highest BCUT2D eigenvalue weighted by Gasteiger charge is 2.37. The molecule has 0 unspecified atom stereocenters. The van der Waals surface area contributed by atoms with Crippen molar-refractivity contribution in [3.63, 3.8) is 0 Å². The molecule has 0 saturated heterocycles. The van der Waals surface area contributed by atoms with Crippen molar-refractivity contribution in [1.29, 1.82) is 0 Å². The van der Waals surface area contributed by atoms with E-state index >= 15 is 0 Å². The molecule has 1 fully saturated rings. The van der Waals surface area contributed by atoms with E-state index < -0.39 is 12.7 Å². The summed E-state index contributed by atoms with van der Waals surface area (Å²) in [5.41, 5.74) is 0.946. The first kappa shape index (κ1) is 13.1. The molecule has 1 aliphatic carbocycles. The Balaban J connectivity index is 2.00. The Bertz CT molecular complexity index is 370. The van der Waals surface area contributed by atoms with E-state index in [1.807, 2.05) is 24.3 Å². The van der Waals surface area contributed by atoms with Gasteiger partial charge in [0.05, 0.1) is 6.54 Å². The summed E-state index contributed by atoms with van der Waals surface area (Å²) in [6.07, 6.45) is -2.33. The summed E-state index contributed by atoms with van der Waals surface area (Å²) in [5, 5.41) is 0. The zero-order chi connectivity index (χ0) is 12.5. The Hall–Kier alpha value is -0.300. The summed E-state index contributed by atoms with van der Waals surface area (Å²) in [5.74, 6) is 0. The van der Waals surface area contributed by atoms with Crippen LogP contribution in [0.4, 0.5) is 13.2 Å². The maximum atomic E-state index is 12.4. The largest absolute Gasteiger partial charge is 0.401 e. The summed E-state index contributed by atoms with van der Waals surface area (Å²) in [4.78, 5) is 1.53. The van der Waals surface area contributed by atoms with Gasteiger partial charge in [-0.25, -0.2) is 0 Å². The summed E-state index contributed by atoms with van der Waals surface area (Å²) in [6, 6.07) is 7.76. The second-order valence-corrected chi connectivity index (χ2v) is 5.62. The molecule has 1 nitrogen and oxygen atoms in total. The van der Waals surface area contributed by atoms with Crippen LogP contribution in [0.5, 0.6) is 0 Å². The average Bonchev–Trinajstić information content (AvgIpc) is 3.01. The van der Waals surface area contributed by atoms with Gasteiger partial charge < -0.3 is 0 Å². The van der Waals surface area contributed by atoms with Gasteiger partial charge in [0.15, 0.2) is 0 Å². The van der Waals surface area contributed by atoms with E-state index in [1.165, 1.54) is 4.90 Å². The van der Waals surface area contributed by atoms with Crippen LogP contribution in [0.15, 0.2) is 24.3 Å². The minimum atomic E-state index is -4.11. The van der Waals surface area contributed by atoms with E-state index in [4.69, 9.17) is 0 Å². The molecule has 1 aliphatic rings. The molecule has 0 heterocycles. The lowest BCUT2D eigenvalue weighted by atomic mass is 10.2. The standard InChI is InChI=1S/C12H13F3IN/c13-12(14,15)8-17(11-5-6-11)7-9-1-3-10(16)4-2-9/h1-4,11H,5-8H2. The van der Waals surface area contributed by atoms with E-state index in [2.05, 4.69) is 22.6 Å². The molecule has 1 saturated carbocycles. The number of benzene rings is 1. The third kappa shape index (κ3) is 4.46. The Labute approximate surface area is 112 Å². The Morgan fingerprint density at radius 3 is 2.24 bits per heavy atom. The fourth-order valence-corrected chi connectivity index (χ4v) is 2.17. The second-order valence-electron chi connectivity index (χ2n) is 4.38. The topological polar surface area (TPSA) is 3.24 Å². The zero-order valence-electron chi connectivity index (χ0n) is 9.17. The molecule has 0 atom stereocenters. The quantitative estimate of drug-likeness (QED) is 0.743. The Morgan fingerprint density at radius 1 is 1.18 bits per heavy atom. The van der Waals surface area contributed by atoms with Crippen LogP contribution in [0.2, 0.25) is 0 Å². The third-order valence-electron chi connectivity index (χ3n) is 2.74. The molecule has 5 heteroatoms. The summed E-state index contributed by atoms with van der Waals surface area (Å²) >= 11 is 2.18. The fourth-order valence-electron chi connectivity index (χ4n) is 1.81. The smallest absolute Gasteiger partial charge is 0.288 e. The minimum Gasteiger partial charge on any atom is -0.288 e. The molecule has 0 N–H and O–H groups in total. The van der Waals surface area contributed by atoms with Gasteiger partial charge in [-0.3, -0.25) is 4.90 Å². The lowest BCUT2D eigenvalue weighted by Crippen LogP contribution is -2.35. The van der Waals surface area contributed by atoms with E-state index in [0.29, 0.717) is 6.54 Å². The van der Waals surface area contributed by atoms with E-state index in [1.54, 1.807) is 0 Å². The van der Waals surface area contributed by atoms with Crippen LogP contribution >= 0.6 is 22.6 Å². The van der Waals surface area contributed by atoms with Gasteiger partial charge in [0.2, 0.25) is 0 Å². The summed E-state index contributed by atoms with van der Waals surface area (Å²) in [7, 11) is 0. The molecule has 2 rings (SSSR count). The molecule has 94 valence electrons. The predicted octanol–water partition coefficient (Wildman–Crippen LogP) is 3.82. The predicted molar refractivity (Wildman–Crippen MR) is 68.6 cm³/mol. The van der Waals surface area contributed by atoms with Crippen LogP contribution in [0.1, 0.15) is 18.4 Å². The van der Waals surface area contributed by atoms with Crippen LogP contribution in [0.3, 0.4) is 0 Å². The maximum absolute atomic E-state index is 12.4. The molecule has 0 bridgehead atoms. The van der Waals surface area contributed by atoms with Crippen molar-refractivity contribution < 1.29 is 13.2 Å². The lowest BCUT2D eigenvalue weighted by Gasteiger charge is -2.23. The van der Waals surface area contributed by atoms with Gasteiger partial charge in [-0.15, -0.1) is 0 Å². The van der Waals surface area contributed by atoms with Crippen LogP contribution in [-0.2, 0) is 6.54 Å². The van der Waals surface area contributed by atoms with E-state index in [-0.39, 0.29) is 6.04 Å². The van der Waals surface area contributed by atoms with Crippen molar-refractivity contribution in [2.45, 2.75) is 31.6 Å². The first-order chi connectivity index (χ1) is 7.94. The van der Waals surface area contributed by atoms with Gasteiger partial charge in [-0.1, -0.05) is 12.1 Å². The van der Waals surface area contributed by atoms with Crippen LogP contribution in [0, 0.1) is 3.57 Å². The van der Waals surface area contributed by atoms with Crippen molar-refractivity contribution in [3.8, 4) is 0 Å². The molecule has 0 aliphatic heterocycles. The van der Waals surface area contributed by atoms with Gasteiger partial charge in [-0.05, 0) is 53.1 Å². The highest BCUT2D eigenvalue weighted by atomic mass is 127. The van der Waals surface area contributed by atoms with Crippen molar-refractivity contribution in [1.82, 2.24) is 4.90 Å². The van der Waals surface area contributed by atoms with Crippen molar-refractivity contribution >= 4 is 22.6 Å². The van der Waals surface area contributed by atoms with E-state index in [0.717, 1.165) is 22.0 Å². The van der Waals surface area contributed by atoms with Crippen molar-refractivity contribution in [2.75, 3.05) is 6.54 Å². The van der Waals surface area contributed by atoms with Gasteiger partial charge >= 0.3 is 6.18 Å². The average molecular weight is 355 g/mol. The first-order valence-corrected chi connectivity index (χ1v) is 6.57. The van der Waals surface area contributed by atoms with Gasteiger partial charge in [0, 0.05) is 16.2 Å². The van der Waals surface area contributed by atoms with Crippen LogP contribution < -0.4 is 0 Å². The second kappa shape index (κ2) is 5.14. The molecule has 0 spiro atoms. The molecule has 17 heavy (non-hydrogen) atoms. The Kier molecular flexibility index (Phi) is 3.97. The van der Waals surface area contributed by atoms with Gasteiger partial charge in [0.1, 0.15) is 0 Å². The van der Waals surface area contributed by atoms with Gasteiger partial charge in [0.25, 0.3) is 0 Å². The van der Waals surface area contributed by atoms with E-state index in [9.17, 15) is 13.2 Å². The molecule has 0 aromatic heterocycles. The lowest BCUT2D eigenvalue weighted by molar-refractivity contribution is -0.148. The van der Waals surface area contributed by atoms with Gasteiger partial charge in [-0.2, -0.15) is 13.2 Å². The summed E-state index contributed by atoms with van der Waals surface area (Å²) in [6.45, 7) is -0.412. The van der Waals surface area contributed by atoms with Crippen molar-refractivity contribution in [2.24, 2.45) is 0 Å². The normalized spacial score (nSPS) is 16.5. The first-order valence-electron chi connectivity index (χ1n) is 5.49. The number of hydrogen-bond acceptors (Lipinski definition) is 1. The highest BCUT2D eigenvalue weighted by molar-refractivity contribution is 14.1. The van der Waals surface area contributed by atoms with Crippen LogP contribution in [0.25, 0.3) is 0 Å². The minimum absolute atomic E-state index is 0.121. The zero-order valence-corrected chi connectivity index (χ0v) is 11.3. The molecule has 0 amide bonds. The number of nitrogens with zero attached hydrogens (tertiary/aromatic N) is 1. The molecular weight excluding hydrogens is 342 g/mol. The molecular formula is C12H13F3IN.